The molecule has 1 saturated heterocycles. The van der Waals surface area contributed by atoms with E-state index in [4.69, 9.17) is 0 Å². The smallest absolute Gasteiger partial charge is 0.317 e. The third-order valence-electron chi connectivity index (χ3n) is 2.45. The maximum absolute atomic E-state index is 11.6. The topological polar surface area (TPSA) is 45.2 Å². The largest absolute Gasteiger partial charge is 0.331 e. The number of hydrogen-bond donors (Lipinski definition) is 1. The maximum Gasteiger partial charge on any atom is 0.317 e. The predicted molar refractivity (Wildman–Crippen MR) is 59.9 cm³/mol. The second-order valence-corrected chi connectivity index (χ2v) is 5.04. The van der Waals surface area contributed by atoms with E-state index in [-0.39, 0.29) is 6.03 Å². The Morgan fingerprint density at radius 1 is 1.60 bits per heavy atom. The first-order valence-corrected chi connectivity index (χ1v) is 6.01. The van der Waals surface area contributed by atoms with Crippen LogP contribution in [-0.2, 0) is 6.54 Å². The zero-order chi connectivity index (χ0) is 10.7. The van der Waals surface area contributed by atoms with Gasteiger partial charge in [-0.05, 0) is 19.8 Å². The minimum Gasteiger partial charge on any atom is -0.331 e. The van der Waals surface area contributed by atoms with Gasteiger partial charge < -0.3 is 10.2 Å². The van der Waals surface area contributed by atoms with E-state index >= 15 is 0 Å². The molecule has 0 bridgehead atoms. The van der Waals surface area contributed by atoms with Gasteiger partial charge in [-0.3, -0.25) is 0 Å². The summed E-state index contributed by atoms with van der Waals surface area (Å²) in [7, 11) is 0. The number of thiazole rings is 1. The van der Waals surface area contributed by atoms with Gasteiger partial charge in [0.2, 0.25) is 0 Å². The average molecular weight is 225 g/mol. The molecule has 2 heterocycles. The van der Waals surface area contributed by atoms with Crippen molar-refractivity contribution in [2.75, 3.05) is 13.1 Å². The maximum atomic E-state index is 11.6. The first-order chi connectivity index (χ1) is 7.25. The van der Waals surface area contributed by atoms with Gasteiger partial charge in [0, 0.05) is 24.2 Å². The molecule has 2 rings (SSSR count). The van der Waals surface area contributed by atoms with Crippen molar-refractivity contribution < 1.29 is 4.79 Å². The highest BCUT2D eigenvalue weighted by Gasteiger charge is 2.17. The van der Waals surface area contributed by atoms with E-state index in [1.165, 1.54) is 4.88 Å². The number of likely N-dealkylation sites (tertiary alicyclic amines) is 1. The fraction of sp³-hybridized carbons (Fsp3) is 0.600. The number of carbonyl (C=O) groups is 1. The fourth-order valence-electron chi connectivity index (χ4n) is 1.67. The summed E-state index contributed by atoms with van der Waals surface area (Å²) in [6.07, 6.45) is 4.09. The molecule has 1 aromatic heterocycles. The lowest BCUT2D eigenvalue weighted by Gasteiger charge is -2.15. The van der Waals surface area contributed by atoms with Gasteiger partial charge in [-0.2, -0.15) is 0 Å². The van der Waals surface area contributed by atoms with Crippen LogP contribution in [0.15, 0.2) is 6.20 Å². The molecule has 4 nitrogen and oxygen atoms in total. The number of rotatable bonds is 2. The van der Waals surface area contributed by atoms with Crippen molar-refractivity contribution >= 4 is 17.4 Å². The summed E-state index contributed by atoms with van der Waals surface area (Å²) < 4.78 is 0. The van der Waals surface area contributed by atoms with Crippen LogP contribution in [0.3, 0.4) is 0 Å². The number of nitrogens with one attached hydrogen (secondary N) is 1. The molecule has 5 heteroatoms. The monoisotopic (exact) mass is 225 g/mol. The van der Waals surface area contributed by atoms with Crippen molar-refractivity contribution in [2.24, 2.45) is 0 Å². The van der Waals surface area contributed by atoms with Crippen LogP contribution < -0.4 is 5.32 Å². The second kappa shape index (κ2) is 4.61. The third-order valence-corrected chi connectivity index (χ3v) is 3.37. The van der Waals surface area contributed by atoms with E-state index in [2.05, 4.69) is 10.3 Å². The van der Waals surface area contributed by atoms with E-state index in [1.54, 1.807) is 11.3 Å². The Balaban J connectivity index is 1.80. The molecule has 0 radical (unpaired) electrons. The number of urea groups is 1. The molecule has 1 N–H and O–H groups in total. The normalized spacial score (nSPS) is 15.7. The number of amides is 2. The van der Waals surface area contributed by atoms with Crippen LogP contribution in [0.4, 0.5) is 4.79 Å². The van der Waals surface area contributed by atoms with Crippen LogP contribution in [0.25, 0.3) is 0 Å². The van der Waals surface area contributed by atoms with Crippen molar-refractivity contribution in [3.05, 3.63) is 16.1 Å². The Labute approximate surface area is 93.3 Å². The van der Waals surface area contributed by atoms with Gasteiger partial charge >= 0.3 is 6.03 Å². The van der Waals surface area contributed by atoms with Crippen molar-refractivity contribution in [1.29, 1.82) is 0 Å². The standard InChI is InChI=1S/C10H15N3OS/c1-8-6-11-9(15-8)7-12-10(14)13-4-2-3-5-13/h6H,2-5,7H2,1H3,(H,12,14). The lowest BCUT2D eigenvalue weighted by Crippen LogP contribution is -2.37. The van der Waals surface area contributed by atoms with Gasteiger partial charge in [0.25, 0.3) is 0 Å². The third kappa shape index (κ3) is 2.68. The molecule has 1 fully saturated rings. The summed E-state index contributed by atoms with van der Waals surface area (Å²) in [5.41, 5.74) is 0. The Morgan fingerprint density at radius 3 is 2.93 bits per heavy atom. The molecule has 2 amide bonds. The molecule has 1 aromatic rings. The molecule has 1 aliphatic heterocycles. The van der Waals surface area contributed by atoms with Crippen LogP contribution >= 0.6 is 11.3 Å². The lowest BCUT2D eigenvalue weighted by atomic mass is 10.4. The molecule has 0 spiro atoms. The number of aryl methyl sites for hydroxylation is 1. The summed E-state index contributed by atoms with van der Waals surface area (Å²) in [6.45, 7) is 4.35. The molecule has 15 heavy (non-hydrogen) atoms. The number of nitrogens with zero attached hydrogens (tertiary/aromatic N) is 2. The predicted octanol–water partition coefficient (Wildman–Crippen LogP) is 1.76. The molecule has 0 aliphatic carbocycles. The van der Waals surface area contributed by atoms with Gasteiger partial charge in [-0.25, -0.2) is 9.78 Å². The Kier molecular flexibility index (Phi) is 3.20. The van der Waals surface area contributed by atoms with E-state index in [1.807, 2.05) is 18.0 Å². The summed E-state index contributed by atoms with van der Waals surface area (Å²) in [4.78, 5) is 18.9. The zero-order valence-corrected chi connectivity index (χ0v) is 9.64. The number of carbonyl (C=O) groups excluding carboxylic acids is 1. The van der Waals surface area contributed by atoms with E-state index in [0.29, 0.717) is 6.54 Å². The van der Waals surface area contributed by atoms with Gasteiger partial charge in [-0.1, -0.05) is 0 Å². The molecule has 1 aliphatic rings. The van der Waals surface area contributed by atoms with E-state index in [9.17, 15) is 4.79 Å². The second-order valence-electron chi connectivity index (χ2n) is 3.72. The van der Waals surface area contributed by atoms with Crippen LogP contribution in [0.5, 0.6) is 0 Å². The highest BCUT2D eigenvalue weighted by molar-refractivity contribution is 7.11. The first-order valence-electron chi connectivity index (χ1n) is 5.20. The first kappa shape index (κ1) is 10.4. The van der Waals surface area contributed by atoms with E-state index in [0.717, 1.165) is 30.9 Å². The van der Waals surface area contributed by atoms with Gasteiger partial charge in [0.1, 0.15) is 5.01 Å². The number of hydrogen-bond acceptors (Lipinski definition) is 3. The van der Waals surface area contributed by atoms with Crippen LogP contribution in [0, 0.1) is 6.92 Å². The molecule has 0 saturated carbocycles. The molecular weight excluding hydrogens is 210 g/mol. The average Bonchev–Trinajstić information content (AvgIpc) is 2.84. The number of aromatic nitrogens is 1. The van der Waals surface area contributed by atoms with Crippen LogP contribution in [-0.4, -0.2) is 29.0 Å². The molecule has 0 atom stereocenters. The highest BCUT2D eigenvalue weighted by atomic mass is 32.1. The van der Waals surface area contributed by atoms with Crippen molar-refractivity contribution in [3.63, 3.8) is 0 Å². The zero-order valence-electron chi connectivity index (χ0n) is 8.82. The molecule has 82 valence electrons. The summed E-state index contributed by atoms with van der Waals surface area (Å²) >= 11 is 1.63. The summed E-state index contributed by atoms with van der Waals surface area (Å²) in [5.74, 6) is 0. The summed E-state index contributed by atoms with van der Waals surface area (Å²) in [5, 5.41) is 3.86. The molecule has 0 unspecified atom stereocenters. The van der Waals surface area contributed by atoms with Crippen molar-refractivity contribution in [2.45, 2.75) is 26.3 Å². The van der Waals surface area contributed by atoms with Gasteiger partial charge in [0.15, 0.2) is 0 Å². The Bertz CT molecular complexity index is 344. The Morgan fingerprint density at radius 2 is 2.33 bits per heavy atom. The van der Waals surface area contributed by atoms with Crippen LogP contribution in [0.2, 0.25) is 0 Å². The van der Waals surface area contributed by atoms with Gasteiger partial charge in [0.05, 0.1) is 6.54 Å². The van der Waals surface area contributed by atoms with Crippen molar-refractivity contribution in [3.8, 4) is 0 Å². The molecule has 0 aromatic carbocycles. The van der Waals surface area contributed by atoms with E-state index < -0.39 is 0 Å². The lowest BCUT2D eigenvalue weighted by molar-refractivity contribution is 0.208. The van der Waals surface area contributed by atoms with Crippen molar-refractivity contribution in [1.82, 2.24) is 15.2 Å². The highest BCUT2D eigenvalue weighted by Crippen LogP contribution is 2.11. The van der Waals surface area contributed by atoms with Gasteiger partial charge in [-0.15, -0.1) is 11.3 Å². The minimum absolute atomic E-state index is 0.0420. The SMILES string of the molecule is Cc1cnc(CNC(=O)N2CCCC2)s1. The van der Waals surface area contributed by atoms with Crippen LogP contribution in [0.1, 0.15) is 22.7 Å². The molecular formula is C10H15N3OS. The quantitative estimate of drug-likeness (QED) is 0.833. The fourth-order valence-corrected chi connectivity index (χ4v) is 2.39. The minimum atomic E-state index is 0.0420. The Hall–Kier alpha value is -1.10. The summed E-state index contributed by atoms with van der Waals surface area (Å²) in [6, 6.07) is 0.0420.